The van der Waals surface area contributed by atoms with Crippen LogP contribution in [0.3, 0.4) is 0 Å². The molecule has 0 unspecified atom stereocenters. The van der Waals surface area contributed by atoms with Crippen molar-refractivity contribution in [1.82, 2.24) is 19.9 Å². The number of nitrogens with one attached hydrogen (secondary N) is 2. The van der Waals surface area contributed by atoms with Crippen molar-refractivity contribution in [3.05, 3.63) is 60.6 Å². The summed E-state index contributed by atoms with van der Waals surface area (Å²) in [7, 11) is 0. The predicted octanol–water partition coefficient (Wildman–Crippen LogP) is 3.40. The largest absolute Gasteiger partial charge is 0.395 e. The molecule has 0 spiro atoms. The molecular formula is C20H19N5O. The standard InChI is InChI=1S/C20H19N5O/c1-13-11-23-19(24-12-13)15-4-2-14(3-5-15)17-10-18(21-8-9-26)25-20-16(17)6-7-22-20/h2-7,10-12,26H,8-9H2,1H3,(H2,21,22,25). The first kappa shape index (κ1) is 16.2. The van der Waals surface area contributed by atoms with E-state index in [1.807, 2.05) is 49.8 Å². The van der Waals surface area contributed by atoms with Gasteiger partial charge < -0.3 is 15.4 Å². The Morgan fingerprint density at radius 2 is 1.77 bits per heavy atom. The van der Waals surface area contributed by atoms with Crippen molar-refractivity contribution < 1.29 is 5.11 Å². The lowest BCUT2D eigenvalue weighted by Crippen LogP contribution is -2.07. The molecule has 0 bridgehead atoms. The van der Waals surface area contributed by atoms with Crippen molar-refractivity contribution in [1.29, 1.82) is 0 Å². The zero-order valence-corrected chi connectivity index (χ0v) is 14.4. The van der Waals surface area contributed by atoms with Gasteiger partial charge in [-0.2, -0.15) is 0 Å². The van der Waals surface area contributed by atoms with Crippen LogP contribution >= 0.6 is 0 Å². The minimum Gasteiger partial charge on any atom is -0.395 e. The van der Waals surface area contributed by atoms with Crippen LogP contribution in [0.25, 0.3) is 33.5 Å². The Morgan fingerprint density at radius 3 is 2.50 bits per heavy atom. The number of rotatable bonds is 5. The third-order valence-corrected chi connectivity index (χ3v) is 4.18. The first-order chi connectivity index (χ1) is 12.7. The van der Waals surface area contributed by atoms with E-state index in [1.54, 1.807) is 0 Å². The van der Waals surface area contributed by atoms with E-state index in [2.05, 4.69) is 37.4 Å². The van der Waals surface area contributed by atoms with Crippen molar-refractivity contribution in [3.63, 3.8) is 0 Å². The summed E-state index contributed by atoms with van der Waals surface area (Å²) in [6.45, 7) is 2.49. The zero-order chi connectivity index (χ0) is 17.9. The highest BCUT2D eigenvalue weighted by Crippen LogP contribution is 2.31. The van der Waals surface area contributed by atoms with Gasteiger partial charge in [-0.15, -0.1) is 0 Å². The monoisotopic (exact) mass is 345 g/mol. The molecule has 0 aliphatic heterocycles. The van der Waals surface area contributed by atoms with Crippen molar-refractivity contribution in [2.45, 2.75) is 6.92 Å². The number of aromatic nitrogens is 4. The first-order valence-corrected chi connectivity index (χ1v) is 8.47. The number of pyridine rings is 1. The molecule has 0 aliphatic rings. The summed E-state index contributed by atoms with van der Waals surface area (Å²) in [5.74, 6) is 1.45. The van der Waals surface area contributed by atoms with E-state index in [4.69, 9.17) is 5.11 Å². The second-order valence-electron chi connectivity index (χ2n) is 6.11. The van der Waals surface area contributed by atoms with Gasteiger partial charge in [0.2, 0.25) is 0 Å². The summed E-state index contributed by atoms with van der Waals surface area (Å²) in [6.07, 6.45) is 5.52. The SMILES string of the molecule is Cc1cnc(-c2ccc(-c3cc(NCCO)nc4[nH]ccc34)cc2)nc1. The molecule has 3 heterocycles. The number of aromatic amines is 1. The minimum absolute atomic E-state index is 0.0605. The number of anilines is 1. The summed E-state index contributed by atoms with van der Waals surface area (Å²) >= 11 is 0. The lowest BCUT2D eigenvalue weighted by molar-refractivity contribution is 0.311. The molecule has 130 valence electrons. The molecule has 0 fully saturated rings. The highest BCUT2D eigenvalue weighted by atomic mass is 16.3. The van der Waals surface area contributed by atoms with E-state index in [0.717, 1.165) is 39.1 Å². The van der Waals surface area contributed by atoms with Gasteiger partial charge in [0.15, 0.2) is 5.82 Å². The molecule has 4 rings (SSSR count). The van der Waals surface area contributed by atoms with E-state index in [1.165, 1.54) is 0 Å². The number of nitrogens with zero attached hydrogens (tertiary/aromatic N) is 3. The van der Waals surface area contributed by atoms with Crippen molar-refractivity contribution in [2.75, 3.05) is 18.5 Å². The van der Waals surface area contributed by atoms with Crippen LogP contribution in [0, 0.1) is 6.92 Å². The Labute approximate surface area is 151 Å². The fraction of sp³-hybridized carbons (Fsp3) is 0.150. The Balaban J connectivity index is 1.72. The molecule has 0 radical (unpaired) electrons. The Morgan fingerprint density at radius 1 is 1.04 bits per heavy atom. The normalized spacial score (nSPS) is 11.0. The molecule has 26 heavy (non-hydrogen) atoms. The average Bonchev–Trinajstić information content (AvgIpc) is 3.15. The van der Waals surface area contributed by atoms with Crippen LogP contribution in [0.1, 0.15) is 5.56 Å². The van der Waals surface area contributed by atoms with Crippen LogP contribution < -0.4 is 5.32 Å². The second kappa shape index (κ2) is 6.93. The van der Waals surface area contributed by atoms with Gasteiger partial charge in [-0.05, 0) is 35.7 Å². The third kappa shape index (κ3) is 3.14. The fourth-order valence-corrected chi connectivity index (χ4v) is 2.89. The van der Waals surface area contributed by atoms with Gasteiger partial charge in [-0.25, -0.2) is 15.0 Å². The van der Waals surface area contributed by atoms with Crippen LogP contribution in [0.4, 0.5) is 5.82 Å². The fourth-order valence-electron chi connectivity index (χ4n) is 2.89. The van der Waals surface area contributed by atoms with Crippen molar-refractivity contribution >= 4 is 16.9 Å². The molecule has 3 N–H and O–H groups in total. The maximum absolute atomic E-state index is 9.03. The highest BCUT2D eigenvalue weighted by Gasteiger charge is 2.10. The summed E-state index contributed by atoms with van der Waals surface area (Å²) in [5.41, 5.74) is 4.99. The number of benzene rings is 1. The molecule has 4 aromatic rings. The molecule has 0 amide bonds. The molecule has 1 aromatic carbocycles. The topological polar surface area (TPSA) is 86.7 Å². The number of H-pyrrole nitrogens is 1. The van der Waals surface area contributed by atoms with E-state index >= 15 is 0 Å². The van der Waals surface area contributed by atoms with Gasteiger partial charge in [0.1, 0.15) is 11.5 Å². The van der Waals surface area contributed by atoms with Crippen LogP contribution in [0.5, 0.6) is 0 Å². The minimum atomic E-state index is 0.0605. The lowest BCUT2D eigenvalue weighted by Gasteiger charge is -2.09. The average molecular weight is 345 g/mol. The van der Waals surface area contributed by atoms with E-state index in [0.29, 0.717) is 12.4 Å². The number of aryl methyl sites for hydroxylation is 1. The molecule has 6 heteroatoms. The molecular weight excluding hydrogens is 326 g/mol. The zero-order valence-electron chi connectivity index (χ0n) is 14.4. The second-order valence-corrected chi connectivity index (χ2v) is 6.11. The predicted molar refractivity (Wildman–Crippen MR) is 103 cm³/mol. The lowest BCUT2D eigenvalue weighted by atomic mass is 10.0. The van der Waals surface area contributed by atoms with Gasteiger partial charge in [-0.3, -0.25) is 0 Å². The Hall–Kier alpha value is -3.25. The van der Waals surface area contributed by atoms with Crippen LogP contribution in [-0.4, -0.2) is 38.2 Å². The molecule has 0 saturated heterocycles. The van der Waals surface area contributed by atoms with Crippen LogP contribution in [0.2, 0.25) is 0 Å². The third-order valence-electron chi connectivity index (χ3n) is 4.18. The molecule has 0 saturated carbocycles. The number of hydrogen-bond donors (Lipinski definition) is 3. The van der Waals surface area contributed by atoms with E-state index in [-0.39, 0.29) is 6.61 Å². The first-order valence-electron chi connectivity index (χ1n) is 8.47. The summed E-state index contributed by atoms with van der Waals surface area (Å²) in [5, 5.41) is 13.2. The van der Waals surface area contributed by atoms with Crippen LogP contribution in [0.15, 0.2) is 55.0 Å². The summed E-state index contributed by atoms with van der Waals surface area (Å²) in [4.78, 5) is 16.5. The van der Waals surface area contributed by atoms with Crippen LogP contribution in [-0.2, 0) is 0 Å². The quantitative estimate of drug-likeness (QED) is 0.516. The molecule has 6 nitrogen and oxygen atoms in total. The van der Waals surface area contributed by atoms with Gasteiger partial charge in [0, 0.05) is 36.1 Å². The maximum atomic E-state index is 9.03. The van der Waals surface area contributed by atoms with Gasteiger partial charge in [0.25, 0.3) is 0 Å². The van der Waals surface area contributed by atoms with Gasteiger partial charge in [0.05, 0.1) is 6.61 Å². The van der Waals surface area contributed by atoms with E-state index in [9.17, 15) is 0 Å². The van der Waals surface area contributed by atoms with Gasteiger partial charge in [-0.1, -0.05) is 24.3 Å². The van der Waals surface area contributed by atoms with E-state index < -0.39 is 0 Å². The number of hydrogen-bond acceptors (Lipinski definition) is 5. The smallest absolute Gasteiger partial charge is 0.159 e. The number of aliphatic hydroxyl groups is 1. The Bertz CT molecular complexity index is 1020. The molecule has 0 atom stereocenters. The maximum Gasteiger partial charge on any atom is 0.159 e. The molecule has 3 aromatic heterocycles. The summed E-state index contributed by atoms with van der Waals surface area (Å²) in [6, 6.07) is 12.2. The Kier molecular flexibility index (Phi) is 4.33. The van der Waals surface area contributed by atoms with Crippen molar-refractivity contribution in [2.24, 2.45) is 0 Å². The molecule has 0 aliphatic carbocycles. The number of aliphatic hydroxyl groups excluding tert-OH is 1. The number of fused-ring (bicyclic) bond motifs is 1. The van der Waals surface area contributed by atoms with Crippen molar-refractivity contribution in [3.8, 4) is 22.5 Å². The van der Waals surface area contributed by atoms with Gasteiger partial charge >= 0.3 is 0 Å². The summed E-state index contributed by atoms with van der Waals surface area (Å²) < 4.78 is 0. The highest BCUT2D eigenvalue weighted by molar-refractivity contribution is 5.95.